The third-order valence-corrected chi connectivity index (χ3v) is 8.14. The Balaban J connectivity index is 1.85. The maximum absolute atomic E-state index is 11.7. The lowest BCUT2D eigenvalue weighted by molar-refractivity contribution is -0.205. The van der Waals surface area contributed by atoms with Crippen molar-refractivity contribution in [2.24, 2.45) is 5.92 Å². The van der Waals surface area contributed by atoms with E-state index in [0.717, 1.165) is 34.9 Å². The van der Waals surface area contributed by atoms with Gasteiger partial charge < -0.3 is 15.3 Å². The van der Waals surface area contributed by atoms with Crippen molar-refractivity contribution < 1.29 is 15.3 Å². The van der Waals surface area contributed by atoms with Crippen LogP contribution in [-0.2, 0) is 17.4 Å². The standard InChI is InChI=1S/C23H27BrO3/c1-3-22-14-21(2,26)23(27,15-7-5-4-6-8-15)13-16(22)9-10-17-18(22)11-12-19(25)20(17)24/h4-8,11-12,16,25-27H,3,9-10,13-14H2,1-2H3/t16-,21-,22-,23-/m1/s1. The lowest BCUT2D eigenvalue weighted by Gasteiger charge is -2.59. The van der Waals surface area contributed by atoms with Crippen molar-refractivity contribution in [3.63, 3.8) is 0 Å². The van der Waals surface area contributed by atoms with Gasteiger partial charge >= 0.3 is 0 Å². The number of benzene rings is 2. The molecule has 27 heavy (non-hydrogen) atoms. The van der Waals surface area contributed by atoms with E-state index >= 15 is 0 Å². The van der Waals surface area contributed by atoms with Gasteiger partial charge in [0.15, 0.2) is 0 Å². The first kappa shape index (κ1) is 19.0. The Morgan fingerprint density at radius 2 is 1.81 bits per heavy atom. The second-order valence-corrected chi connectivity index (χ2v) is 9.34. The van der Waals surface area contributed by atoms with E-state index in [9.17, 15) is 15.3 Å². The van der Waals surface area contributed by atoms with Gasteiger partial charge in [0.25, 0.3) is 0 Å². The van der Waals surface area contributed by atoms with Gasteiger partial charge in [-0.2, -0.15) is 0 Å². The van der Waals surface area contributed by atoms with Gasteiger partial charge in [-0.05, 0) is 83.6 Å². The lowest BCUT2D eigenvalue weighted by Crippen LogP contribution is -2.62. The van der Waals surface area contributed by atoms with Crippen molar-refractivity contribution in [2.45, 2.75) is 62.6 Å². The average Bonchev–Trinajstić information content (AvgIpc) is 2.66. The lowest BCUT2D eigenvalue weighted by atomic mass is 9.49. The summed E-state index contributed by atoms with van der Waals surface area (Å²) < 4.78 is 0.773. The summed E-state index contributed by atoms with van der Waals surface area (Å²) in [5.41, 5.74) is 0.435. The van der Waals surface area contributed by atoms with Gasteiger partial charge in [0, 0.05) is 5.41 Å². The molecule has 0 aromatic heterocycles. The van der Waals surface area contributed by atoms with Crippen molar-refractivity contribution in [3.05, 3.63) is 63.6 Å². The normalized spacial score (nSPS) is 35.4. The second-order valence-electron chi connectivity index (χ2n) is 8.55. The van der Waals surface area contributed by atoms with Gasteiger partial charge in [0.05, 0.1) is 10.1 Å². The van der Waals surface area contributed by atoms with Crippen LogP contribution in [0.2, 0.25) is 0 Å². The monoisotopic (exact) mass is 430 g/mol. The zero-order valence-corrected chi connectivity index (χ0v) is 17.5. The molecule has 2 aromatic rings. The van der Waals surface area contributed by atoms with Crippen LogP contribution in [0.1, 0.15) is 56.2 Å². The fourth-order valence-electron chi connectivity index (χ4n) is 5.76. The van der Waals surface area contributed by atoms with E-state index in [-0.39, 0.29) is 17.1 Å². The second kappa shape index (κ2) is 6.33. The van der Waals surface area contributed by atoms with E-state index in [2.05, 4.69) is 22.9 Å². The van der Waals surface area contributed by atoms with Crippen LogP contribution in [0.5, 0.6) is 5.75 Å². The van der Waals surface area contributed by atoms with Gasteiger partial charge in [0.2, 0.25) is 0 Å². The van der Waals surface area contributed by atoms with Gasteiger partial charge in [0.1, 0.15) is 11.4 Å². The Hall–Kier alpha value is -1.36. The van der Waals surface area contributed by atoms with Crippen LogP contribution in [0.25, 0.3) is 0 Å². The minimum absolute atomic E-state index is 0.200. The summed E-state index contributed by atoms with van der Waals surface area (Å²) in [6.07, 6.45) is 3.73. The highest BCUT2D eigenvalue weighted by atomic mass is 79.9. The average molecular weight is 431 g/mol. The molecule has 4 heteroatoms. The summed E-state index contributed by atoms with van der Waals surface area (Å²) in [6.45, 7) is 3.95. The van der Waals surface area contributed by atoms with Crippen molar-refractivity contribution in [1.82, 2.24) is 0 Å². The molecule has 4 rings (SSSR count). The number of hydrogen-bond acceptors (Lipinski definition) is 3. The number of aromatic hydroxyl groups is 1. The molecule has 144 valence electrons. The Kier molecular flexibility index (Phi) is 4.45. The predicted molar refractivity (Wildman–Crippen MR) is 110 cm³/mol. The molecular weight excluding hydrogens is 404 g/mol. The fraction of sp³-hybridized carbons (Fsp3) is 0.478. The van der Waals surface area contributed by atoms with E-state index in [1.165, 1.54) is 5.56 Å². The first-order valence-electron chi connectivity index (χ1n) is 9.76. The van der Waals surface area contributed by atoms with E-state index < -0.39 is 11.2 Å². The number of hydrogen-bond donors (Lipinski definition) is 3. The molecule has 0 unspecified atom stereocenters. The molecule has 0 spiro atoms. The molecule has 0 radical (unpaired) electrons. The summed E-state index contributed by atoms with van der Waals surface area (Å²) in [4.78, 5) is 0. The summed E-state index contributed by atoms with van der Waals surface area (Å²) in [7, 11) is 0. The molecule has 0 heterocycles. The molecule has 2 aliphatic rings. The number of halogens is 1. The fourth-order valence-corrected chi connectivity index (χ4v) is 6.30. The number of phenols is 1. The Morgan fingerprint density at radius 1 is 1.11 bits per heavy atom. The summed E-state index contributed by atoms with van der Waals surface area (Å²) >= 11 is 3.56. The van der Waals surface area contributed by atoms with Gasteiger partial charge in [-0.1, -0.05) is 43.3 Å². The maximum Gasteiger partial charge on any atom is 0.130 e. The number of phenolic OH excluding ortho intramolecular Hbond substituents is 1. The van der Waals surface area contributed by atoms with Crippen molar-refractivity contribution >= 4 is 15.9 Å². The Morgan fingerprint density at radius 3 is 2.48 bits per heavy atom. The van der Waals surface area contributed by atoms with Crippen LogP contribution >= 0.6 is 15.9 Å². The first-order valence-corrected chi connectivity index (χ1v) is 10.6. The third-order valence-electron chi connectivity index (χ3n) is 7.26. The zero-order valence-electron chi connectivity index (χ0n) is 15.9. The van der Waals surface area contributed by atoms with Crippen LogP contribution < -0.4 is 0 Å². The minimum Gasteiger partial charge on any atom is -0.507 e. The van der Waals surface area contributed by atoms with Gasteiger partial charge in [-0.15, -0.1) is 0 Å². The third kappa shape index (κ3) is 2.60. The number of aliphatic hydroxyl groups is 2. The SMILES string of the molecule is CC[C@@]12C[C@@](C)(O)[C@](O)(c3ccccc3)C[C@H]1CCc1c2ccc(O)c1Br. The predicted octanol–water partition coefficient (Wildman–Crippen LogP) is 4.80. The molecule has 2 aliphatic carbocycles. The number of rotatable bonds is 2. The van der Waals surface area contributed by atoms with E-state index in [4.69, 9.17) is 0 Å². The Bertz CT molecular complexity index is 863. The van der Waals surface area contributed by atoms with Crippen LogP contribution in [0.4, 0.5) is 0 Å². The molecule has 0 amide bonds. The van der Waals surface area contributed by atoms with E-state index in [0.29, 0.717) is 12.8 Å². The van der Waals surface area contributed by atoms with Gasteiger partial charge in [-0.25, -0.2) is 0 Å². The maximum atomic E-state index is 11.7. The summed E-state index contributed by atoms with van der Waals surface area (Å²) in [5.74, 6) is 0.540. The Labute approximate surface area is 169 Å². The summed E-state index contributed by atoms with van der Waals surface area (Å²) in [6, 6.07) is 13.4. The molecule has 0 saturated heterocycles. The molecular formula is C23H27BrO3. The first-order chi connectivity index (χ1) is 12.7. The van der Waals surface area contributed by atoms with Gasteiger partial charge in [-0.3, -0.25) is 0 Å². The molecule has 4 atom stereocenters. The van der Waals surface area contributed by atoms with E-state index in [1.807, 2.05) is 36.4 Å². The molecule has 0 bridgehead atoms. The van der Waals surface area contributed by atoms with E-state index in [1.54, 1.807) is 13.0 Å². The topological polar surface area (TPSA) is 60.7 Å². The molecule has 1 fully saturated rings. The summed E-state index contributed by atoms with van der Waals surface area (Å²) in [5, 5.41) is 33.3. The van der Waals surface area contributed by atoms with Crippen LogP contribution in [-0.4, -0.2) is 20.9 Å². The molecule has 1 saturated carbocycles. The van der Waals surface area contributed by atoms with Crippen LogP contribution in [0, 0.1) is 5.92 Å². The minimum atomic E-state index is -1.26. The highest BCUT2D eigenvalue weighted by Gasteiger charge is 2.61. The molecule has 2 aromatic carbocycles. The van der Waals surface area contributed by atoms with Crippen LogP contribution in [0.3, 0.4) is 0 Å². The quantitative estimate of drug-likeness (QED) is 0.641. The van der Waals surface area contributed by atoms with Crippen molar-refractivity contribution in [1.29, 1.82) is 0 Å². The molecule has 3 nitrogen and oxygen atoms in total. The molecule has 0 aliphatic heterocycles. The largest absolute Gasteiger partial charge is 0.507 e. The zero-order chi connectivity index (χ0) is 19.4. The van der Waals surface area contributed by atoms with Crippen LogP contribution in [0.15, 0.2) is 46.9 Å². The highest BCUT2D eigenvalue weighted by molar-refractivity contribution is 9.10. The number of fused-ring (bicyclic) bond motifs is 3. The van der Waals surface area contributed by atoms with Crippen molar-refractivity contribution in [3.8, 4) is 5.75 Å². The smallest absolute Gasteiger partial charge is 0.130 e. The highest BCUT2D eigenvalue weighted by Crippen LogP contribution is 2.60. The van der Waals surface area contributed by atoms with Crippen molar-refractivity contribution in [2.75, 3.05) is 0 Å². The molecule has 3 N–H and O–H groups in total.